The van der Waals surface area contributed by atoms with Gasteiger partial charge < -0.3 is 9.64 Å². The van der Waals surface area contributed by atoms with E-state index >= 15 is 0 Å². The van der Waals surface area contributed by atoms with Crippen LogP contribution in [0.25, 0.3) is 0 Å². The highest BCUT2D eigenvalue weighted by Gasteiger charge is 2.47. The predicted molar refractivity (Wildman–Crippen MR) is 79.3 cm³/mol. The Balaban J connectivity index is 2.68. The highest BCUT2D eigenvalue weighted by Crippen LogP contribution is 2.40. The van der Waals surface area contributed by atoms with Crippen molar-refractivity contribution in [3.63, 3.8) is 0 Å². The van der Waals surface area contributed by atoms with E-state index in [1.54, 1.807) is 0 Å². The summed E-state index contributed by atoms with van der Waals surface area (Å²) in [5.74, 6) is 0.690. The van der Waals surface area contributed by atoms with Crippen LogP contribution in [0.1, 0.15) is 73.6 Å². The lowest BCUT2D eigenvalue weighted by atomic mass is 9.76. The predicted octanol–water partition coefficient (Wildman–Crippen LogP) is 4.60. The first-order valence-electron chi connectivity index (χ1n) is 7.71. The van der Waals surface area contributed by atoms with Crippen molar-refractivity contribution in [2.24, 2.45) is 5.92 Å². The Kier molecular flexibility index (Phi) is 5.28. The topological polar surface area (TPSA) is 29.5 Å². The number of amides is 1. The lowest BCUT2D eigenvalue weighted by Crippen LogP contribution is -2.62. The molecular formula is C16H31NO2. The zero-order valence-electron chi connectivity index (χ0n) is 13.6. The summed E-state index contributed by atoms with van der Waals surface area (Å²) in [6.45, 7) is 13.3. The molecule has 0 aromatic carbocycles. The highest BCUT2D eigenvalue weighted by molar-refractivity contribution is 5.70. The number of nitrogens with zero attached hydrogens (tertiary/aromatic N) is 1. The van der Waals surface area contributed by atoms with Gasteiger partial charge in [-0.05, 0) is 52.4 Å². The Bertz CT molecular complexity index is 306. The molecule has 1 unspecified atom stereocenters. The van der Waals surface area contributed by atoms with Gasteiger partial charge in [0, 0.05) is 12.1 Å². The number of hydrogen-bond acceptors (Lipinski definition) is 2. The fourth-order valence-corrected chi connectivity index (χ4v) is 2.81. The summed E-state index contributed by atoms with van der Waals surface area (Å²) in [7, 11) is 0. The van der Waals surface area contributed by atoms with Crippen molar-refractivity contribution in [1.29, 1.82) is 0 Å². The molecule has 1 saturated heterocycles. The summed E-state index contributed by atoms with van der Waals surface area (Å²) in [6.07, 6.45) is 5.51. The lowest BCUT2D eigenvalue weighted by Gasteiger charge is -2.53. The lowest BCUT2D eigenvalue weighted by molar-refractivity contribution is -0.0538. The molecule has 1 aliphatic rings. The van der Waals surface area contributed by atoms with E-state index in [0.29, 0.717) is 5.92 Å². The van der Waals surface area contributed by atoms with Crippen molar-refractivity contribution < 1.29 is 9.53 Å². The first-order valence-corrected chi connectivity index (χ1v) is 7.71. The van der Waals surface area contributed by atoms with Crippen LogP contribution in [-0.2, 0) is 4.74 Å². The minimum atomic E-state index is -0.400. The quantitative estimate of drug-likeness (QED) is 0.730. The van der Waals surface area contributed by atoms with E-state index < -0.39 is 5.60 Å². The first-order chi connectivity index (χ1) is 8.70. The van der Waals surface area contributed by atoms with Gasteiger partial charge >= 0.3 is 6.09 Å². The molecule has 0 aromatic heterocycles. The Morgan fingerprint density at radius 3 is 2.32 bits per heavy atom. The maximum atomic E-state index is 12.3. The van der Waals surface area contributed by atoms with Crippen LogP contribution in [0.15, 0.2) is 0 Å². The van der Waals surface area contributed by atoms with E-state index in [9.17, 15) is 4.79 Å². The zero-order chi connectivity index (χ0) is 14.7. The molecule has 0 saturated carbocycles. The van der Waals surface area contributed by atoms with E-state index in [-0.39, 0.29) is 11.6 Å². The maximum absolute atomic E-state index is 12.3. The van der Waals surface area contributed by atoms with Gasteiger partial charge in [0.05, 0.1) is 0 Å². The van der Waals surface area contributed by atoms with Crippen LogP contribution in [0, 0.1) is 5.92 Å². The maximum Gasteiger partial charge on any atom is 0.410 e. The molecule has 0 aliphatic carbocycles. The van der Waals surface area contributed by atoms with E-state index in [1.807, 2.05) is 25.7 Å². The number of carbonyl (C=O) groups excluding carboxylic acids is 1. The van der Waals surface area contributed by atoms with Crippen LogP contribution in [-0.4, -0.2) is 28.7 Å². The molecule has 3 nitrogen and oxygen atoms in total. The summed E-state index contributed by atoms with van der Waals surface area (Å²) < 4.78 is 5.54. The molecule has 0 aromatic rings. The average molecular weight is 269 g/mol. The molecule has 1 fully saturated rings. The van der Waals surface area contributed by atoms with Crippen molar-refractivity contribution in [2.75, 3.05) is 6.54 Å². The van der Waals surface area contributed by atoms with Gasteiger partial charge in [-0.1, -0.05) is 27.2 Å². The minimum Gasteiger partial charge on any atom is -0.444 e. The SMILES string of the molecule is CCCC1(CCC(C)C)CCN1C(=O)OC(C)(C)C. The van der Waals surface area contributed by atoms with Crippen molar-refractivity contribution in [3.8, 4) is 0 Å². The summed E-state index contributed by atoms with van der Waals surface area (Å²) >= 11 is 0. The molecule has 0 radical (unpaired) electrons. The fraction of sp³-hybridized carbons (Fsp3) is 0.938. The number of rotatable bonds is 5. The van der Waals surface area contributed by atoms with Gasteiger partial charge in [0.2, 0.25) is 0 Å². The Morgan fingerprint density at radius 2 is 1.95 bits per heavy atom. The number of ether oxygens (including phenoxy) is 1. The molecule has 3 heteroatoms. The molecule has 1 amide bonds. The first kappa shape index (κ1) is 16.3. The Hall–Kier alpha value is -0.730. The summed E-state index contributed by atoms with van der Waals surface area (Å²) in [5.41, 5.74) is -0.329. The van der Waals surface area contributed by atoms with Gasteiger partial charge in [-0.15, -0.1) is 0 Å². The number of likely N-dealkylation sites (tertiary alicyclic amines) is 1. The van der Waals surface area contributed by atoms with Crippen LogP contribution < -0.4 is 0 Å². The normalized spacial score (nSPS) is 23.4. The van der Waals surface area contributed by atoms with E-state index in [0.717, 1.165) is 32.2 Å². The monoisotopic (exact) mass is 269 g/mol. The van der Waals surface area contributed by atoms with Crippen LogP contribution in [0.2, 0.25) is 0 Å². The number of carbonyl (C=O) groups is 1. The van der Waals surface area contributed by atoms with Crippen LogP contribution >= 0.6 is 0 Å². The van der Waals surface area contributed by atoms with E-state index in [2.05, 4.69) is 20.8 Å². The molecule has 1 aliphatic heterocycles. The van der Waals surface area contributed by atoms with Crippen molar-refractivity contribution in [3.05, 3.63) is 0 Å². The van der Waals surface area contributed by atoms with Gasteiger partial charge in [0.15, 0.2) is 0 Å². The smallest absolute Gasteiger partial charge is 0.410 e. The van der Waals surface area contributed by atoms with Crippen LogP contribution in [0.4, 0.5) is 4.79 Å². The second kappa shape index (κ2) is 6.15. The van der Waals surface area contributed by atoms with Gasteiger partial charge in [0.25, 0.3) is 0 Å². The summed E-state index contributed by atoms with van der Waals surface area (Å²) in [6, 6.07) is 0. The molecule has 0 spiro atoms. The van der Waals surface area contributed by atoms with Gasteiger partial charge in [-0.2, -0.15) is 0 Å². The minimum absolute atomic E-state index is 0.0708. The summed E-state index contributed by atoms with van der Waals surface area (Å²) in [4.78, 5) is 14.3. The molecule has 112 valence electrons. The molecular weight excluding hydrogens is 238 g/mol. The molecule has 19 heavy (non-hydrogen) atoms. The van der Waals surface area contributed by atoms with Gasteiger partial charge in [-0.3, -0.25) is 0 Å². The van der Waals surface area contributed by atoms with Crippen LogP contribution in [0.3, 0.4) is 0 Å². The second-order valence-corrected chi connectivity index (χ2v) is 7.29. The zero-order valence-corrected chi connectivity index (χ0v) is 13.6. The van der Waals surface area contributed by atoms with Gasteiger partial charge in [-0.25, -0.2) is 4.79 Å². The average Bonchev–Trinajstić information content (AvgIpc) is 2.19. The largest absolute Gasteiger partial charge is 0.444 e. The Labute approximate surface area is 118 Å². The third kappa shape index (κ3) is 4.39. The van der Waals surface area contributed by atoms with Crippen molar-refractivity contribution >= 4 is 6.09 Å². The third-order valence-electron chi connectivity index (χ3n) is 3.89. The fourth-order valence-electron chi connectivity index (χ4n) is 2.81. The van der Waals surface area contributed by atoms with Gasteiger partial charge in [0.1, 0.15) is 5.60 Å². The molecule has 0 bridgehead atoms. The molecule has 0 N–H and O–H groups in total. The molecule has 1 heterocycles. The Morgan fingerprint density at radius 1 is 1.32 bits per heavy atom. The molecule has 1 atom stereocenters. The van der Waals surface area contributed by atoms with Crippen molar-refractivity contribution in [2.45, 2.75) is 84.8 Å². The van der Waals surface area contributed by atoms with Crippen LogP contribution in [0.5, 0.6) is 0 Å². The third-order valence-corrected chi connectivity index (χ3v) is 3.89. The van der Waals surface area contributed by atoms with E-state index in [1.165, 1.54) is 6.42 Å². The molecule has 1 rings (SSSR count). The van der Waals surface area contributed by atoms with Crippen molar-refractivity contribution in [1.82, 2.24) is 4.90 Å². The van der Waals surface area contributed by atoms with E-state index in [4.69, 9.17) is 4.74 Å². The summed E-state index contributed by atoms with van der Waals surface area (Å²) in [5, 5.41) is 0. The standard InChI is InChI=1S/C16H31NO2/c1-7-9-16(10-8-13(2)3)11-12-17(16)14(18)19-15(4,5)6/h13H,7-12H2,1-6H3. The highest BCUT2D eigenvalue weighted by atomic mass is 16.6. The second-order valence-electron chi connectivity index (χ2n) is 7.29. The number of hydrogen-bond donors (Lipinski definition) is 0.